The van der Waals surface area contributed by atoms with Gasteiger partial charge >= 0.3 is 0 Å². The second kappa shape index (κ2) is 7.43. The third-order valence-corrected chi connectivity index (χ3v) is 4.11. The van der Waals surface area contributed by atoms with E-state index in [1.54, 1.807) is 7.11 Å². The third kappa shape index (κ3) is 4.72. The molecule has 0 aromatic heterocycles. The lowest BCUT2D eigenvalue weighted by molar-refractivity contribution is -0.117. The molecule has 0 bridgehead atoms. The maximum Gasteiger partial charge on any atom is 0.238 e. The number of rotatable bonds is 5. The normalized spacial score (nSPS) is 22.1. The van der Waals surface area contributed by atoms with Crippen LogP contribution in [0.15, 0.2) is 24.3 Å². The molecule has 1 aliphatic rings. The molecule has 5 heteroatoms. The van der Waals surface area contributed by atoms with Crippen LogP contribution >= 0.6 is 0 Å². The number of amides is 1. The second-order valence-electron chi connectivity index (χ2n) is 5.76. The van der Waals surface area contributed by atoms with Crippen molar-refractivity contribution in [3.05, 3.63) is 24.3 Å². The van der Waals surface area contributed by atoms with Gasteiger partial charge in [0.1, 0.15) is 5.75 Å². The molecule has 3 N–H and O–H groups in total. The molecule has 1 fully saturated rings. The van der Waals surface area contributed by atoms with Gasteiger partial charge in [-0.2, -0.15) is 0 Å². The molecule has 0 saturated heterocycles. The van der Waals surface area contributed by atoms with Crippen LogP contribution in [0.5, 0.6) is 5.75 Å². The Hall–Kier alpha value is -1.59. The number of carbonyl (C=O) groups excluding carboxylic acids is 1. The van der Waals surface area contributed by atoms with E-state index in [1.807, 2.05) is 31.3 Å². The van der Waals surface area contributed by atoms with Gasteiger partial charge < -0.3 is 15.8 Å². The maximum absolute atomic E-state index is 12.1. The Kier molecular flexibility index (Phi) is 5.59. The fourth-order valence-electron chi connectivity index (χ4n) is 2.80. The van der Waals surface area contributed by atoms with Crippen molar-refractivity contribution in [1.82, 2.24) is 4.90 Å². The summed E-state index contributed by atoms with van der Waals surface area (Å²) < 4.78 is 5.15. The van der Waals surface area contributed by atoms with E-state index in [0.717, 1.165) is 37.1 Å². The zero-order chi connectivity index (χ0) is 15.2. The van der Waals surface area contributed by atoms with Crippen molar-refractivity contribution in [2.45, 2.75) is 37.8 Å². The molecule has 0 atom stereocenters. The summed E-state index contributed by atoms with van der Waals surface area (Å²) in [6.45, 7) is 0.400. The van der Waals surface area contributed by atoms with Crippen molar-refractivity contribution in [3.63, 3.8) is 0 Å². The van der Waals surface area contributed by atoms with E-state index in [9.17, 15) is 4.79 Å². The van der Waals surface area contributed by atoms with Crippen LogP contribution in [-0.2, 0) is 4.79 Å². The standard InChI is InChI=1S/C16H25N3O2/c1-19(14-8-6-12(17)7-9-14)11-16(20)18-13-4-3-5-15(10-13)21-2/h3-5,10,12,14H,6-9,11,17H2,1-2H3,(H,18,20). The summed E-state index contributed by atoms with van der Waals surface area (Å²) in [5.41, 5.74) is 6.68. The molecule has 0 aliphatic heterocycles. The van der Waals surface area contributed by atoms with E-state index >= 15 is 0 Å². The van der Waals surface area contributed by atoms with Crippen LogP contribution in [0.4, 0.5) is 5.69 Å². The van der Waals surface area contributed by atoms with Gasteiger partial charge in [-0.15, -0.1) is 0 Å². The first-order chi connectivity index (χ1) is 10.1. The highest BCUT2D eigenvalue weighted by molar-refractivity contribution is 5.92. The van der Waals surface area contributed by atoms with Gasteiger partial charge in [0.05, 0.1) is 13.7 Å². The molecule has 0 unspecified atom stereocenters. The zero-order valence-electron chi connectivity index (χ0n) is 12.8. The van der Waals surface area contributed by atoms with Crippen molar-refractivity contribution < 1.29 is 9.53 Å². The highest BCUT2D eigenvalue weighted by atomic mass is 16.5. The Morgan fingerprint density at radius 1 is 1.38 bits per heavy atom. The Morgan fingerprint density at radius 3 is 2.76 bits per heavy atom. The fraction of sp³-hybridized carbons (Fsp3) is 0.562. The van der Waals surface area contributed by atoms with Gasteiger partial charge in [0.25, 0.3) is 0 Å². The van der Waals surface area contributed by atoms with Gasteiger partial charge in [0.15, 0.2) is 0 Å². The first-order valence-corrected chi connectivity index (χ1v) is 7.48. The van der Waals surface area contributed by atoms with Crippen molar-refractivity contribution in [2.24, 2.45) is 5.73 Å². The predicted molar refractivity (Wildman–Crippen MR) is 84.5 cm³/mol. The molecule has 2 rings (SSSR count). The summed E-state index contributed by atoms with van der Waals surface area (Å²) in [5, 5.41) is 2.91. The summed E-state index contributed by atoms with van der Waals surface area (Å²) in [4.78, 5) is 14.2. The lowest BCUT2D eigenvalue weighted by atomic mass is 9.91. The van der Waals surface area contributed by atoms with Crippen LogP contribution in [0.2, 0.25) is 0 Å². The van der Waals surface area contributed by atoms with Gasteiger partial charge in [-0.3, -0.25) is 9.69 Å². The number of benzene rings is 1. The highest BCUT2D eigenvalue weighted by Gasteiger charge is 2.23. The SMILES string of the molecule is COc1cccc(NC(=O)CN(C)C2CCC(N)CC2)c1. The average molecular weight is 291 g/mol. The zero-order valence-corrected chi connectivity index (χ0v) is 12.8. The number of nitrogens with two attached hydrogens (primary N) is 1. The Balaban J connectivity index is 1.83. The van der Waals surface area contributed by atoms with E-state index < -0.39 is 0 Å². The van der Waals surface area contributed by atoms with E-state index in [2.05, 4.69) is 10.2 Å². The first kappa shape index (κ1) is 15.8. The first-order valence-electron chi connectivity index (χ1n) is 7.48. The van der Waals surface area contributed by atoms with Gasteiger partial charge in [0, 0.05) is 23.8 Å². The van der Waals surface area contributed by atoms with Crippen LogP contribution in [0.25, 0.3) is 0 Å². The number of methoxy groups -OCH3 is 1. The molecule has 116 valence electrons. The number of likely N-dealkylation sites (N-methyl/N-ethyl adjacent to an activating group) is 1. The quantitative estimate of drug-likeness (QED) is 0.868. The molecule has 1 aliphatic carbocycles. The molecule has 1 amide bonds. The number of hydrogen-bond donors (Lipinski definition) is 2. The van der Waals surface area contributed by atoms with Gasteiger partial charge in [-0.1, -0.05) is 6.07 Å². The lowest BCUT2D eigenvalue weighted by Gasteiger charge is -2.33. The van der Waals surface area contributed by atoms with Crippen LogP contribution in [0, 0.1) is 0 Å². The summed E-state index contributed by atoms with van der Waals surface area (Å²) >= 11 is 0. The summed E-state index contributed by atoms with van der Waals surface area (Å²) in [7, 11) is 3.62. The molecule has 1 aromatic rings. The van der Waals surface area contributed by atoms with Crippen molar-refractivity contribution >= 4 is 11.6 Å². The summed E-state index contributed by atoms with van der Waals surface area (Å²) in [6.07, 6.45) is 4.24. The highest BCUT2D eigenvalue weighted by Crippen LogP contribution is 2.21. The molecule has 1 saturated carbocycles. The average Bonchev–Trinajstić information content (AvgIpc) is 2.47. The molecule has 1 aromatic carbocycles. The van der Waals surface area contributed by atoms with E-state index in [0.29, 0.717) is 18.6 Å². The molecule has 0 heterocycles. The molecule has 0 spiro atoms. The molecular formula is C16H25N3O2. The Labute approximate surface area is 126 Å². The predicted octanol–water partition coefficient (Wildman–Crippen LogP) is 1.84. The number of anilines is 1. The number of nitrogens with zero attached hydrogens (tertiary/aromatic N) is 1. The van der Waals surface area contributed by atoms with Gasteiger partial charge in [0.2, 0.25) is 5.91 Å². The third-order valence-electron chi connectivity index (χ3n) is 4.11. The second-order valence-corrected chi connectivity index (χ2v) is 5.76. The van der Waals surface area contributed by atoms with E-state index in [1.165, 1.54) is 0 Å². The monoisotopic (exact) mass is 291 g/mol. The topological polar surface area (TPSA) is 67.6 Å². The fourth-order valence-corrected chi connectivity index (χ4v) is 2.80. The Bertz CT molecular complexity index is 470. The van der Waals surface area contributed by atoms with Crippen molar-refractivity contribution in [3.8, 4) is 5.75 Å². The van der Waals surface area contributed by atoms with Crippen molar-refractivity contribution in [1.29, 1.82) is 0 Å². The largest absolute Gasteiger partial charge is 0.497 e. The smallest absolute Gasteiger partial charge is 0.238 e. The molecular weight excluding hydrogens is 266 g/mol. The van der Waals surface area contributed by atoms with Crippen LogP contribution in [0.1, 0.15) is 25.7 Å². The van der Waals surface area contributed by atoms with Crippen LogP contribution in [0.3, 0.4) is 0 Å². The minimum Gasteiger partial charge on any atom is -0.497 e. The molecule has 5 nitrogen and oxygen atoms in total. The number of nitrogens with one attached hydrogen (secondary N) is 1. The van der Waals surface area contributed by atoms with E-state index in [4.69, 9.17) is 10.5 Å². The van der Waals surface area contributed by atoms with Crippen LogP contribution in [-0.4, -0.2) is 43.6 Å². The molecule has 0 radical (unpaired) electrons. The summed E-state index contributed by atoms with van der Waals surface area (Å²) in [5.74, 6) is 0.739. The number of ether oxygens (including phenoxy) is 1. The molecule has 21 heavy (non-hydrogen) atoms. The lowest BCUT2D eigenvalue weighted by Crippen LogP contribution is -2.42. The van der Waals surface area contributed by atoms with Crippen LogP contribution < -0.4 is 15.8 Å². The van der Waals surface area contributed by atoms with Gasteiger partial charge in [-0.25, -0.2) is 0 Å². The minimum absolute atomic E-state index is 0.000579. The maximum atomic E-state index is 12.1. The van der Waals surface area contributed by atoms with Gasteiger partial charge in [-0.05, 0) is 44.9 Å². The summed E-state index contributed by atoms with van der Waals surface area (Å²) in [6, 6.07) is 8.19. The Morgan fingerprint density at radius 2 is 2.10 bits per heavy atom. The number of hydrogen-bond acceptors (Lipinski definition) is 4. The number of carbonyl (C=O) groups is 1. The van der Waals surface area contributed by atoms with E-state index in [-0.39, 0.29) is 5.91 Å². The minimum atomic E-state index is 0.000579. The van der Waals surface area contributed by atoms with Crippen molar-refractivity contribution in [2.75, 3.05) is 26.0 Å².